The van der Waals surface area contributed by atoms with Gasteiger partial charge in [-0.25, -0.2) is 0 Å². The molecule has 0 saturated heterocycles. The van der Waals surface area contributed by atoms with Gasteiger partial charge in [0, 0.05) is 26.1 Å². The highest BCUT2D eigenvalue weighted by atomic mass is 16.2. The fraction of sp³-hybridized carbons (Fsp3) is 0.750. The molecular formula is C8H14N2O2. The van der Waals surface area contributed by atoms with Crippen LogP contribution in [0.2, 0.25) is 0 Å². The molecule has 0 bridgehead atoms. The van der Waals surface area contributed by atoms with Crippen LogP contribution in [0, 0.1) is 5.92 Å². The molecule has 0 aromatic rings. The summed E-state index contributed by atoms with van der Waals surface area (Å²) in [5.74, 6) is 0.288. The minimum atomic E-state index is 0.123. The van der Waals surface area contributed by atoms with Gasteiger partial charge in [-0.2, -0.15) is 0 Å². The second kappa shape index (κ2) is 3.56. The van der Waals surface area contributed by atoms with E-state index in [1.54, 1.807) is 19.0 Å². The van der Waals surface area contributed by atoms with E-state index in [2.05, 4.69) is 5.32 Å². The zero-order valence-electron chi connectivity index (χ0n) is 7.41. The second-order valence-electron chi connectivity index (χ2n) is 3.38. The van der Waals surface area contributed by atoms with Crippen LogP contribution in [0.25, 0.3) is 0 Å². The van der Waals surface area contributed by atoms with Gasteiger partial charge in [0.05, 0.1) is 0 Å². The third-order valence-electron chi connectivity index (χ3n) is 2.23. The standard InChI is InChI=1S/C8H14N2O2/c1-10(2)8(12)6-3-7(4-6)9-5-11/h5-7H,3-4H2,1-2H3,(H,9,11). The van der Waals surface area contributed by atoms with E-state index in [-0.39, 0.29) is 17.9 Å². The topological polar surface area (TPSA) is 49.4 Å². The minimum Gasteiger partial charge on any atom is -0.356 e. The Morgan fingerprint density at radius 2 is 2.08 bits per heavy atom. The summed E-state index contributed by atoms with van der Waals surface area (Å²) in [5.41, 5.74) is 0. The molecule has 0 aromatic heterocycles. The average molecular weight is 170 g/mol. The van der Waals surface area contributed by atoms with Gasteiger partial charge in [0.25, 0.3) is 0 Å². The third kappa shape index (κ3) is 1.75. The molecule has 0 unspecified atom stereocenters. The average Bonchev–Trinajstić information content (AvgIpc) is 1.94. The maximum atomic E-state index is 11.3. The van der Waals surface area contributed by atoms with E-state index in [1.807, 2.05) is 0 Å². The number of hydrogen-bond donors (Lipinski definition) is 1. The van der Waals surface area contributed by atoms with Crippen LogP contribution in [0.3, 0.4) is 0 Å². The van der Waals surface area contributed by atoms with Crippen LogP contribution in [0.1, 0.15) is 12.8 Å². The molecule has 1 rings (SSSR count). The van der Waals surface area contributed by atoms with E-state index in [1.165, 1.54) is 0 Å². The number of carbonyl (C=O) groups is 2. The predicted octanol–water partition coefficient (Wildman–Crippen LogP) is -0.401. The lowest BCUT2D eigenvalue weighted by molar-refractivity contribution is -0.136. The minimum absolute atomic E-state index is 0.123. The highest BCUT2D eigenvalue weighted by molar-refractivity contribution is 5.79. The first kappa shape index (κ1) is 9.03. The summed E-state index contributed by atoms with van der Waals surface area (Å²) >= 11 is 0. The van der Waals surface area contributed by atoms with Gasteiger partial charge in [-0.1, -0.05) is 0 Å². The summed E-state index contributed by atoms with van der Waals surface area (Å²) in [4.78, 5) is 22.9. The molecule has 0 atom stereocenters. The molecule has 1 saturated carbocycles. The fourth-order valence-electron chi connectivity index (χ4n) is 1.42. The van der Waals surface area contributed by atoms with Crippen LogP contribution in [-0.2, 0) is 9.59 Å². The molecule has 4 nitrogen and oxygen atoms in total. The quantitative estimate of drug-likeness (QED) is 0.586. The number of hydrogen-bond acceptors (Lipinski definition) is 2. The van der Waals surface area contributed by atoms with Crippen LogP contribution >= 0.6 is 0 Å². The molecule has 1 aliphatic rings. The van der Waals surface area contributed by atoms with Crippen LogP contribution in [-0.4, -0.2) is 37.4 Å². The molecule has 2 amide bonds. The van der Waals surface area contributed by atoms with E-state index in [0.717, 1.165) is 12.8 Å². The van der Waals surface area contributed by atoms with Gasteiger partial charge in [-0.05, 0) is 12.8 Å². The first-order valence-corrected chi connectivity index (χ1v) is 4.06. The van der Waals surface area contributed by atoms with Crippen molar-refractivity contribution in [2.24, 2.45) is 5.92 Å². The van der Waals surface area contributed by atoms with Crippen molar-refractivity contribution >= 4 is 12.3 Å². The molecule has 0 radical (unpaired) electrons. The van der Waals surface area contributed by atoms with Crippen molar-refractivity contribution in [1.29, 1.82) is 0 Å². The number of amides is 2. The third-order valence-corrected chi connectivity index (χ3v) is 2.23. The van der Waals surface area contributed by atoms with Gasteiger partial charge in [-0.15, -0.1) is 0 Å². The van der Waals surface area contributed by atoms with Crippen LogP contribution < -0.4 is 5.32 Å². The lowest BCUT2D eigenvalue weighted by Gasteiger charge is -2.35. The Bertz CT molecular complexity index is 185. The first-order valence-electron chi connectivity index (χ1n) is 4.06. The Kier molecular flexibility index (Phi) is 2.68. The van der Waals surface area contributed by atoms with Crippen molar-refractivity contribution in [2.75, 3.05) is 14.1 Å². The number of nitrogens with one attached hydrogen (secondary N) is 1. The van der Waals surface area contributed by atoms with Gasteiger partial charge in [-0.3, -0.25) is 9.59 Å². The summed E-state index contributed by atoms with van der Waals surface area (Å²) in [6.45, 7) is 0. The van der Waals surface area contributed by atoms with E-state index < -0.39 is 0 Å². The number of carbonyl (C=O) groups excluding carboxylic acids is 2. The van der Waals surface area contributed by atoms with Crippen molar-refractivity contribution in [3.05, 3.63) is 0 Å². The fourth-order valence-corrected chi connectivity index (χ4v) is 1.42. The smallest absolute Gasteiger partial charge is 0.225 e. The zero-order chi connectivity index (χ0) is 9.14. The van der Waals surface area contributed by atoms with Gasteiger partial charge in [0.15, 0.2) is 0 Å². The highest BCUT2D eigenvalue weighted by Crippen LogP contribution is 2.28. The normalized spacial score (nSPS) is 27.2. The Hall–Kier alpha value is -1.06. The summed E-state index contributed by atoms with van der Waals surface area (Å²) in [6.07, 6.45) is 2.27. The van der Waals surface area contributed by atoms with Crippen LogP contribution in [0.5, 0.6) is 0 Å². The molecule has 12 heavy (non-hydrogen) atoms. The summed E-state index contributed by atoms with van der Waals surface area (Å²) in [5, 5.41) is 2.65. The molecule has 1 N–H and O–H groups in total. The van der Waals surface area contributed by atoms with Crippen LogP contribution in [0.15, 0.2) is 0 Å². The monoisotopic (exact) mass is 170 g/mol. The Morgan fingerprint density at radius 1 is 1.50 bits per heavy atom. The maximum Gasteiger partial charge on any atom is 0.225 e. The summed E-state index contributed by atoms with van der Waals surface area (Å²) in [6, 6.07) is 0.219. The first-order chi connectivity index (χ1) is 5.65. The number of rotatable bonds is 3. The van der Waals surface area contributed by atoms with E-state index in [0.29, 0.717) is 6.41 Å². The van der Waals surface area contributed by atoms with E-state index >= 15 is 0 Å². The highest BCUT2D eigenvalue weighted by Gasteiger charge is 2.34. The number of nitrogens with zero attached hydrogens (tertiary/aromatic N) is 1. The molecular weight excluding hydrogens is 156 g/mol. The van der Waals surface area contributed by atoms with Crippen molar-refractivity contribution in [3.8, 4) is 0 Å². The van der Waals surface area contributed by atoms with Crippen molar-refractivity contribution in [2.45, 2.75) is 18.9 Å². The van der Waals surface area contributed by atoms with Gasteiger partial charge in [0.1, 0.15) is 0 Å². The zero-order valence-corrected chi connectivity index (χ0v) is 7.41. The molecule has 0 spiro atoms. The molecule has 4 heteroatoms. The Morgan fingerprint density at radius 3 is 2.50 bits per heavy atom. The second-order valence-corrected chi connectivity index (χ2v) is 3.38. The van der Waals surface area contributed by atoms with Crippen molar-refractivity contribution in [3.63, 3.8) is 0 Å². The molecule has 1 aliphatic carbocycles. The van der Waals surface area contributed by atoms with Crippen molar-refractivity contribution < 1.29 is 9.59 Å². The lowest BCUT2D eigenvalue weighted by atomic mass is 9.79. The maximum absolute atomic E-state index is 11.3. The molecule has 1 fully saturated rings. The summed E-state index contributed by atoms with van der Waals surface area (Å²) in [7, 11) is 3.51. The molecule has 0 aliphatic heterocycles. The van der Waals surface area contributed by atoms with Gasteiger partial charge < -0.3 is 10.2 Å². The molecule has 0 aromatic carbocycles. The van der Waals surface area contributed by atoms with E-state index in [4.69, 9.17) is 0 Å². The Labute approximate surface area is 71.9 Å². The largest absolute Gasteiger partial charge is 0.356 e. The van der Waals surface area contributed by atoms with Gasteiger partial charge in [0.2, 0.25) is 12.3 Å². The van der Waals surface area contributed by atoms with E-state index in [9.17, 15) is 9.59 Å². The SMILES string of the molecule is CN(C)C(=O)C1CC(NC=O)C1. The lowest BCUT2D eigenvalue weighted by Crippen LogP contribution is -2.46. The van der Waals surface area contributed by atoms with Gasteiger partial charge >= 0.3 is 0 Å². The molecule has 68 valence electrons. The molecule has 0 heterocycles. The predicted molar refractivity (Wildman–Crippen MR) is 44.4 cm³/mol. The van der Waals surface area contributed by atoms with Crippen molar-refractivity contribution in [1.82, 2.24) is 10.2 Å². The Balaban J connectivity index is 2.25. The van der Waals surface area contributed by atoms with Crippen LogP contribution in [0.4, 0.5) is 0 Å². The summed E-state index contributed by atoms with van der Waals surface area (Å²) < 4.78 is 0.